The molecule has 0 aromatic carbocycles. The molecule has 2 aliphatic rings. The zero-order chi connectivity index (χ0) is 16.7. The Balaban J connectivity index is 1.67. The van der Waals surface area contributed by atoms with Crippen molar-refractivity contribution in [1.29, 1.82) is 0 Å². The van der Waals surface area contributed by atoms with Gasteiger partial charge in [-0.3, -0.25) is 4.79 Å². The molecule has 1 aliphatic heterocycles. The Morgan fingerprint density at radius 2 is 2.21 bits per heavy atom. The molecule has 2 aromatic heterocycles. The molecule has 1 amide bonds. The summed E-state index contributed by atoms with van der Waals surface area (Å²) in [6, 6.07) is 0.181. The Bertz CT molecular complexity index is 768. The predicted molar refractivity (Wildman–Crippen MR) is 91.0 cm³/mol. The van der Waals surface area contributed by atoms with E-state index in [1.807, 2.05) is 18.4 Å². The lowest BCUT2D eigenvalue weighted by atomic mass is 9.96. The summed E-state index contributed by atoms with van der Waals surface area (Å²) in [5.74, 6) is 1.96. The maximum Gasteiger partial charge on any atom is 0.254 e. The number of aromatic nitrogens is 4. The summed E-state index contributed by atoms with van der Waals surface area (Å²) in [4.78, 5) is 23.7. The highest BCUT2D eigenvalue weighted by atomic mass is 16.2. The van der Waals surface area contributed by atoms with Gasteiger partial charge in [0.15, 0.2) is 0 Å². The minimum atomic E-state index is 0.0324. The van der Waals surface area contributed by atoms with E-state index in [4.69, 9.17) is 0 Å². The van der Waals surface area contributed by atoms with E-state index in [1.54, 1.807) is 6.33 Å². The Labute approximate surface area is 141 Å². The lowest BCUT2D eigenvalue weighted by Crippen LogP contribution is -2.45. The predicted octanol–water partition coefficient (Wildman–Crippen LogP) is 1.35. The molecule has 3 heterocycles. The molecule has 1 saturated heterocycles. The van der Waals surface area contributed by atoms with Crippen LogP contribution in [-0.2, 0) is 17.6 Å². The average Bonchev–Trinajstić information content (AvgIpc) is 3.20. The molecule has 2 aromatic rings. The number of aryl methyl sites for hydroxylation is 1. The molecule has 1 fully saturated rings. The van der Waals surface area contributed by atoms with Gasteiger partial charge >= 0.3 is 0 Å². The Hall–Kier alpha value is -2.18. The van der Waals surface area contributed by atoms with Crippen LogP contribution in [0.25, 0.3) is 5.78 Å². The van der Waals surface area contributed by atoms with Gasteiger partial charge in [-0.15, -0.1) is 0 Å². The van der Waals surface area contributed by atoms with Crippen molar-refractivity contribution in [1.82, 2.24) is 24.9 Å². The van der Waals surface area contributed by atoms with Crippen LogP contribution in [0.3, 0.4) is 0 Å². The van der Waals surface area contributed by atoms with E-state index in [0.717, 1.165) is 56.7 Å². The molecule has 0 spiro atoms. The number of piperidine rings is 1. The van der Waals surface area contributed by atoms with Crippen molar-refractivity contribution in [3.63, 3.8) is 0 Å². The second-order valence-electron chi connectivity index (χ2n) is 7.13. The topological polar surface area (TPSA) is 75.4 Å². The number of hydrogen-bond acceptors (Lipinski definition) is 5. The van der Waals surface area contributed by atoms with Crippen LogP contribution in [0.5, 0.6) is 0 Å². The van der Waals surface area contributed by atoms with E-state index in [2.05, 4.69) is 25.3 Å². The number of carbonyl (C=O) groups excluding carboxylic acids is 1. The van der Waals surface area contributed by atoms with Crippen molar-refractivity contribution in [2.24, 2.45) is 5.92 Å². The maximum absolute atomic E-state index is 12.4. The summed E-state index contributed by atoms with van der Waals surface area (Å²) < 4.78 is 1.85. The van der Waals surface area contributed by atoms with Gasteiger partial charge in [-0.25, -0.2) is 4.98 Å². The fraction of sp³-hybridized carbons (Fsp3) is 0.647. The molecule has 7 heteroatoms. The number of nitrogens with zero attached hydrogens (tertiary/aromatic N) is 5. The molecule has 0 radical (unpaired) electrons. The number of rotatable bonds is 3. The number of hydrogen-bond donors (Lipinski definition) is 1. The van der Waals surface area contributed by atoms with Gasteiger partial charge in [0.25, 0.3) is 5.78 Å². The van der Waals surface area contributed by atoms with Crippen LogP contribution in [0, 0.1) is 5.92 Å². The number of carbonyl (C=O) groups is 1. The molecule has 1 N–H and O–H groups in total. The number of anilines is 1. The van der Waals surface area contributed by atoms with E-state index >= 15 is 0 Å². The van der Waals surface area contributed by atoms with Gasteiger partial charge in [0.05, 0.1) is 11.6 Å². The van der Waals surface area contributed by atoms with Crippen molar-refractivity contribution in [2.45, 2.75) is 52.0 Å². The van der Waals surface area contributed by atoms with Gasteiger partial charge < -0.3 is 10.2 Å². The van der Waals surface area contributed by atoms with Crippen molar-refractivity contribution in [3.8, 4) is 0 Å². The van der Waals surface area contributed by atoms with Crippen molar-refractivity contribution < 1.29 is 4.79 Å². The summed E-state index contributed by atoms with van der Waals surface area (Å²) in [5, 5.41) is 7.45. The van der Waals surface area contributed by atoms with Crippen LogP contribution in [0.1, 0.15) is 44.4 Å². The first-order valence-corrected chi connectivity index (χ1v) is 8.90. The molecule has 4 rings (SSSR count). The van der Waals surface area contributed by atoms with Gasteiger partial charge in [-0.05, 0) is 46.0 Å². The summed E-state index contributed by atoms with van der Waals surface area (Å²) >= 11 is 0. The molecule has 7 nitrogen and oxygen atoms in total. The molecule has 0 bridgehead atoms. The van der Waals surface area contributed by atoms with E-state index in [1.165, 1.54) is 5.56 Å². The van der Waals surface area contributed by atoms with Crippen LogP contribution >= 0.6 is 0 Å². The second-order valence-corrected chi connectivity index (χ2v) is 7.13. The highest BCUT2D eigenvalue weighted by Crippen LogP contribution is 2.32. The molecule has 1 unspecified atom stereocenters. The third-order valence-electron chi connectivity index (χ3n) is 4.95. The minimum Gasteiger partial charge on any atom is -0.355 e. The molecule has 1 aliphatic carbocycles. The average molecular weight is 328 g/mol. The third kappa shape index (κ3) is 2.61. The van der Waals surface area contributed by atoms with Crippen LogP contribution in [0.15, 0.2) is 6.33 Å². The zero-order valence-electron chi connectivity index (χ0n) is 14.3. The van der Waals surface area contributed by atoms with Crippen molar-refractivity contribution >= 4 is 17.5 Å². The van der Waals surface area contributed by atoms with E-state index < -0.39 is 0 Å². The second kappa shape index (κ2) is 6.03. The molecule has 128 valence electrons. The number of nitrogens with one attached hydrogen (secondary N) is 1. The summed E-state index contributed by atoms with van der Waals surface area (Å²) in [5.41, 5.74) is 2.44. The smallest absolute Gasteiger partial charge is 0.254 e. The Kier molecular flexibility index (Phi) is 3.86. The zero-order valence-corrected chi connectivity index (χ0v) is 14.3. The molecular formula is C17H24N6O. The van der Waals surface area contributed by atoms with Gasteiger partial charge in [-0.1, -0.05) is 0 Å². The van der Waals surface area contributed by atoms with Gasteiger partial charge in [0.2, 0.25) is 5.91 Å². The first kappa shape index (κ1) is 15.4. The highest BCUT2D eigenvalue weighted by Gasteiger charge is 2.31. The number of fused-ring (bicyclic) bond motifs is 2. The lowest BCUT2D eigenvalue weighted by Gasteiger charge is -2.34. The monoisotopic (exact) mass is 328 g/mol. The van der Waals surface area contributed by atoms with Crippen LogP contribution < -0.4 is 10.2 Å². The summed E-state index contributed by atoms with van der Waals surface area (Å²) in [7, 11) is 0. The first-order chi connectivity index (χ1) is 11.6. The van der Waals surface area contributed by atoms with E-state index in [-0.39, 0.29) is 17.9 Å². The number of amides is 1. The third-order valence-corrected chi connectivity index (χ3v) is 4.95. The minimum absolute atomic E-state index is 0.0324. The van der Waals surface area contributed by atoms with Crippen molar-refractivity contribution in [3.05, 3.63) is 17.6 Å². The lowest BCUT2D eigenvalue weighted by molar-refractivity contribution is -0.125. The SMILES string of the molecule is CC(C)NC(=O)C1CCCN(c2c3c(nc4ncnn24)CCC3)C1. The van der Waals surface area contributed by atoms with Crippen molar-refractivity contribution in [2.75, 3.05) is 18.0 Å². The first-order valence-electron chi connectivity index (χ1n) is 8.90. The molecule has 1 atom stereocenters. The normalized spacial score (nSPS) is 20.6. The summed E-state index contributed by atoms with van der Waals surface area (Å²) in [6.45, 7) is 5.71. The largest absolute Gasteiger partial charge is 0.355 e. The van der Waals surface area contributed by atoms with Gasteiger partial charge in [0, 0.05) is 24.7 Å². The van der Waals surface area contributed by atoms with Gasteiger partial charge in [0.1, 0.15) is 12.1 Å². The van der Waals surface area contributed by atoms with Crippen LogP contribution in [0.2, 0.25) is 0 Å². The van der Waals surface area contributed by atoms with Crippen LogP contribution in [-0.4, -0.2) is 44.6 Å². The fourth-order valence-corrected chi connectivity index (χ4v) is 3.91. The highest BCUT2D eigenvalue weighted by molar-refractivity contribution is 5.80. The van der Waals surface area contributed by atoms with Gasteiger partial charge in [-0.2, -0.15) is 14.6 Å². The molecule has 24 heavy (non-hydrogen) atoms. The fourth-order valence-electron chi connectivity index (χ4n) is 3.91. The standard InChI is InChI=1S/C17H24N6O/c1-11(2)20-15(24)12-5-4-8-22(9-12)16-13-6-3-7-14(13)21-17-18-10-19-23(16)17/h10-12H,3-9H2,1-2H3,(H,20,24). The quantitative estimate of drug-likeness (QED) is 0.920. The van der Waals surface area contributed by atoms with E-state index in [9.17, 15) is 4.79 Å². The summed E-state index contributed by atoms with van der Waals surface area (Å²) in [6.07, 6.45) is 6.71. The Morgan fingerprint density at radius 1 is 1.33 bits per heavy atom. The molecular weight excluding hydrogens is 304 g/mol. The maximum atomic E-state index is 12.4. The van der Waals surface area contributed by atoms with E-state index in [0.29, 0.717) is 5.78 Å². The Morgan fingerprint density at radius 3 is 3.04 bits per heavy atom. The molecule has 0 saturated carbocycles. The van der Waals surface area contributed by atoms with Crippen LogP contribution in [0.4, 0.5) is 5.82 Å².